The number of benzene rings is 1. The molecule has 0 spiro atoms. The van der Waals surface area contributed by atoms with Crippen LogP contribution in [0, 0.1) is 0 Å². The Morgan fingerprint density at radius 2 is 2.00 bits per heavy atom. The molecule has 0 saturated heterocycles. The highest BCUT2D eigenvalue weighted by Gasteiger charge is 2.21. The quantitative estimate of drug-likeness (QED) is 0.876. The zero-order chi connectivity index (χ0) is 15.6. The van der Waals surface area contributed by atoms with Crippen LogP contribution in [-0.2, 0) is 14.6 Å². The number of carbonyl (C=O) groups is 1. The van der Waals surface area contributed by atoms with Gasteiger partial charge in [0.15, 0.2) is 9.84 Å². The van der Waals surface area contributed by atoms with Crippen LogP contribution in [0.3, 0.4) is 0 Å². The Labute approximate surface area is 128 Å². The summed E-state index contributed by atoms with van der Waals surface area (Å²) in [6.07, 6.45) is 0. The number of rotatable bonds is 4. The van der Waals surface area contributed by atoms with E-state index in [9.17, 15) is 13.2 Å². The second kappa shape index (κ2) is 5.99. The third kappa shape index (κ3) is 3.71. The van der Waals surface area contributed by atoms with Gasteiger partial charge in [0.25, 0.3) is 0 Å². The number of aromatic nitrogens is 1. The smallest absolute Gasteiger partial charge is 0.239 e. The first kappa shape index (κ1) is 15.7. The summed E-state index contributed by atoms with van der Waals surface area (Å²) in [5, 5.41) is 2.94. The minimum Gasteiger partial charge on any atom is -0.324 e. The number of hydrogen-bond acceptors (Lipinski definition) is 4. The maximum atomic E-state index is 11.9. The number of sulfone groups is 1. The van der Waals surface area contributed by atoms with Crippen molar-refractivity contribution in [3.8, 4) is 0 Å². The number of nitrogens with zero attached hydrogens (tertiary/aromatic N) is 1. The number of amides is 1. The summed E-state index contributed by atoms with van der Waals surface area (Å²) in [7, 11) is -3.44. The second-order valence-electron chi connectivity index (χ2n) is 4.91. The van der Waals surface area contributed by atoms with Crippen LogP contribution in [0.5, 0.6) is 0 Å². The zero-order valence-corrected chi connectivity index (χ0v) is 13.2. The highest BCUT2D eigenvalue weighted by molar-refractivity contribution is 7.92. The monoisotopic (exact) mass is 326 g/mol. The molecule has 0 saturated carbocycles. The standard InChI is InChI=1S/C14H15ClN2O3S/c1-9(2)21(19,20)8-14(18)17-12-7-13(15)16-11-6-4-3-5-10(11)12/h3-7,9H,8H2,1-2H3,(H,16,17,18). The van der Waals surface area contributed by atoms with Crippen LogP contribution in [0.2, 0.25) is 5.15 Å². The largest absolute Gasteiger partial charge is 0.324 e. The molecule has 2 aromatic rings. The van der Waals surface area contributed by atoms with E-state index < -0.39 is 26.7 Å². The maximum Gasteiger partial charge on any atom is 0.239 e. The van der Waals surface area contributed by atoms with Gasteiger partial charge in [-0.2, -0.15) is 0 Å². The van der Waals surface area contributed by atoms with Gasteiger partial charge in [0, 0.05) is 5.39 Å². The summed E-state index contributed by atoms with van der Waals surface area (Å²) in [6.45, 7) is 3.09. The summed E-state index contributed by atoms with van der Waals surface area (Å²) >= 11 is 5.91. The summed E-state index contributed by atoms with van der Waals surface area (Å²) in [5.74, 6) is -1.14. The number of hydrogen-bond donors (Lipinski definition) is 1. The molecular weight excluding hydrogens is 312 g/mol. The van der Waals surface area contributed by atoms with Gasteiger partial charge in [-0.05, 0) is 26.0 Å². The fourth-order valence-corrected chi connectivity index (χ4v) is 2.75. The summed E-state index contributed by atoms with van der Waals surface area (Å²) in [5.41, 5.74) is 1.08. The number of pyridine rings is 1. The first-order valence-corrected chi connectivity index (χ1v) is 8.45. The number of carbonyl (C=O) groups excluding carboxylic acids is 1. The molecule has 7 heteroatoms. The average molecular weight is 327 g/mol. The van der Waals surface area contributed by atoms with Crippen molar-refractivity contribution in [2.45, 2.75) is 19.1 Å². The van der Waals surface area contributed by atoms with E-state index in [0.29, 0.717) is 16.6 Å². The molecule has 0 atom stereocenters. The zero-order valence-electron chi connectivity index (χ0n) is 11.6. The molecule has 1 aromatic heterocycles. The van der Waals surface area contributed by atoms with Gasteiger partial charge >= 0.3 is 0 Å². The van der Waals surface area contributed by atoms with Gasteiger partial charge in [-0.3, -0.25) is 4.79 Å². The minimum atomic E-state index is -3.44. The Kier molecular flexibility index (Phi) is 4.49. The molecule has 0 unspecified atom stereocenters. The topological polar surface area (TPSA) is 76.1 Å². The van der Waals surface area contributed by atoms with Crippen LogP contribution >= 0.6 is 11.6 Å². The van der Waals surface area contributed by atoms with Gasteiger partial charge in [-0.15, -0.1) is 0 Å². The van der Waals surface area contributed by atoms with E-state index in [2.05, 4.69) is 10.3 Å². The maximum absolute atomic E-state index is 11.9. The van der Waals surface area contributed by atoms with Crippen molar-refractivity contribution < 1.29 is 13.2 Å². The lowest BCUT2D eigenvalue weighted by atomic mass is 10.2. The van der Waals surface area contributed by atoms with E-state index in [1.807, 2.05) is 0 Å². The average Bonchev–Trinajstić information content (AvgIpc) is 2.37. The minimum absolute atomic E-state index is 0.232. The van der Waals surface area contributed by atoms with Crippen LogP contribution in [0.25, 0.3) is 10.9 Å². The Balaban J connectivity index is 2.30. The fraction of sp³-hybridized carbons (Fsp3) is 0.286. The SMILES string of the molecule is CC(C)S(=O)(=O)CC(=O)Nc1cc(Cl)nc2ccccc12. The first-order chi connectivity index (χ1) is 9.79. The van der Waals surface area contributed by atoms with Gasteiger partial charge in [0.1, 0.15) is 10.9 Å². The van der Waals surface area contributed by atoms with E-state index in [4.69, 9.17) is 11.6 Å². The number of fused-ring (bicyclic) bond motifs is 1. The first-order valence-electron chi connectivity index (χ1n) is 6.36. The molecule has 1 heterocycles. The van der Waals surface area contributed by atoms with E-state index in [1.165, 1.54) is 6.07 Å². The highest BCUT2D eigenvalue weighted by atomic mass is 35.5. The molecule has 0 radical (unpaired) electrons. The Morgan fingerprint density at radius 1 is 1.33 bits per heavy atom. The molecule has 0 aliphatic rings. The summed E-state index contributed by atoms with van der Waals surface area (Å²) < 4.78 is 23.5. The lowest BCUT2D eigenvalue weighted by Gasteiger charge is -2.10. The van der Waals surface area contributed by atoms with E-state index in [1.54, 1.807) is 38.1 Å². The highest BCUT2D eigenvalue weighted by Crippen LogP contribution is 2.25. The normalized spacial score (nSPS) is 11.8. The predicted octanol–water partition coefficient (Wildman–Crippen LogP) is 2.65. The number of halogens is 1. The van der Waals surface area contributed by atoms with Gasteiger partial charge in [0.2, 0.25) is 5.91 Å². The molecule has 1 aromatic carbocycles. The molecule has 2 rings (SSSR count). The molecule has 1 amide bonds. The Bertz CT molecular complexity index is 788. The van der Waals surface area contributed by atoms with Crippen molar-refractivity contribution in [1.82, 2.24) is 4.98 Å². The molecular formula is C14H15ClN2O3S. The van der Waals surface area contributed by atoms with Crippen molar-refractivity contribution in [2.24, 2.45) is 0 Å². The summed E-state index contributed by atoms with van der Waals surface area (Å²) in [4.78, 5) is 16.1. The van der Waals surface area contributed by atoms with Gasteiger partial charge in [0.05, 0.1) is 16.5 Å². The van der Waals surface area contributed by atoms with Gasteiger partial charge < -0.3 is 5.32 Å². The van der Waals surface area contributed by atoms with Crippen LogP contribution in [0.15, 0.2) is 30.3 Å². The fourth-order valence-electron chi connectivity index (χ4n) is 1.78. The molecule has 1 N–H and O–H groups in total. The third-order valence-electron chi connectivity index (χ3n) is 3.01. The van der Waals surface area contributed by atoms with Crippen molar-refractivity contribution in [1.29, 1.82) is 0 Å². The number of nitrogens with one attached hydrogen (secondary N) is 1. The van der Waals surface area contributed by atoms with Crippen molar-refractivity contribution in [3.63, 3.8) is 0 Å². The lowest BCUT2D eigenvalue weighted by molar-refractivity contribution is -0.113. The van der Waals surface area contributed by atoms with Gasteiger partial charge in [-0.1, -0.05) is 29.8 Å². The molecule has 112 valence electrons. The third-order valence-corrected chi connectivity index (χ3v) is 5.30. The molecule has 5 nitrogen and oxygen atoms in total. The predicted molar refractivity (Wildman–Crippen MR) is 84.3 cm³/mol. The number of para-hydroxylation sites is 1. The molecule has 0 fully saturated rings. The Hall–Kier alpha value is -1.66. The number of anilines is 1. The van der Waals surface area contributed by atoms with Crippen LogP contribution < -0.4 is 5.32 Å². The van der Waals surface area contributed by atoms with E-state index in [0.717, 1.165) is 0 Å². The Morgan fingerprint density at radius 3 is 2.67 bits per heavy atom. The van der Waals surface area contributed by atoms with Crippen LogP contribution in [0.1, 0.15) is 13.8 Å². The summed E-state index contributed by atoms with van der Waals surface area (Å²) in [6, 6.07) is 8.66. The van der Waals surface area contributed by atoms with E-state index >= 15 is 0 Å². The van der Waals surface area contributed by atoms with Crippen molar-refractivity contribution in [2.75, 3.05) is 11.1 Å². The molecule has 0 aliphatic heterocycles. The molecule has 0 aliphatic carbocycles. The second-order valence-corrected chi connectivity index (χ2v) is 7.86. The van der Waals surface area contributed by atoms with Crippen LogP contribution in [-0.4, -0.2) is 30.3 Å². The van der Waals surface area contributed by atoms with Crippen molar-refractivity contribution in [3.05, 3.63) is 35.5 Å². The molecule has 0 bridgehead atoms. The van der Waals surface area contributed by atoms with Gasteiger partial charge in [-0.25, -0.2) is 13.4 Å². The van der Waals surface area contributed by atoms with Crippen molar-refractivity contribution >= 4 is 43.9 Å². The van der Waals surface area contributed by atoms with E-state index in [-0.39, 0.29) is 5.15 Å². The lowest BCUT2D eigenvalue weighted by Crippen LogP contribution is -2.28. The molecule has 21 heavy (non-hydrogen) atoms. The van der Waals surface area contributed by atoms with Crippen LogP contribution in [0.4, 0.5) is 5.69 Å².